The SMILES string of the molecule is CCOc1cccc([C@H]2C(=C(O)c3ccc4c(c3)C[C@H](C)O4)C(=O)C(=O)N2c2nc3ccc(Cl)cc3s2)c1. The van der Waals surface area contributed by atoms with Gasteiger partial charge in [-0.1, -0.05) is 35.1 Å². The van der Waals surface area contributed by atoms with E-state index < -0.39 is 17.7 Å². The van der Waals surface area contributed by atoms with E-state index >= 15 is 0 Å². The molecule has 0 radical (unpaired) electrons. The molecule has 38 heavy (non-hydrogen) atoms. The van der Waals surface area contributed by atoms with Gasteiger partial charge in [-0.3, -0.25) is 14.5 Å². The number of fused-ring (bicyclic) bond motifs is 2. The Bertz CT molecular complexity index is 1650. The van der Waals surface area contributed by atoms with Crippen LogP contribution in [0.15, 0.2) is 66.2 Å². The van der Waals surface area contributed by atoms with Crippen LogP contribution in [-0.2, 0) is 16.0 Å². The maximum atomic E-state index is 13.5. The largest absolute Gasteiger partial charge is 0.507 e. The van der Waals surface area contributed by atoms with Gasteiger partial charge in [-0.05, 0) is 73.5 Å². The number of Topliss-reactive ketones (excluding diaryl/α,β-unsaturated/α-hetero) is 1. The van der Waals surface area contributed by atoms with Crippen molar-refractivity contribution in [3.63, 3.8) is 0 Å². The van der Waals surface area contributed by atoms with E-state index in [9.17, 15) is 14.7 Å². The zero-order valence-corrected chi connectivity index (χ0v) is 22.2. The molecule has 7 nitrogen and oxygen atoms in total. The molecule has 1 fully saturated rings. The van der Waals surface area contributed by atoms with Crippen molar-refractivity contribution in [3.8, 4) is 11.5 Å². The number of thiazole rings is 1. The smallest absolute Gasteiger partial charge is 0.301 e. The maximum absolute atomic E-state index is 13.5. The number of ketones is 1. The molecule has 9 heteroatoms. The number of aromatic nitrogens is 1. The number of halogens is 1. The first-order valence-corrected chi connectivity index (χ1v) is 13.4. The lowest BCUT2D eigenvalue weighted by Gasteiger charge is -2.23. The topological polar surface area (TPSA) is 89.0 Å². The van der Waals surface area contributed by atoms with Crippen LogP contribution in [0.2, 0.25) is 5.02 Å². The molecule has 2 aliphatic heterocycles. The summed E-state index contributed by atoms with van der Waals surface area (Å²) in [5.74, 6) is -0.443. The minimum absolute atomic E-state index is 0.00662. The van der Waals surface area contributed by atoms with Crippen molar-refractivity contribution in [2.24, 2.45) is 0 Å². The van der Waals surface area contributed by atoms with E-state index in [0.717, 1.165) is 16.0 Å². The summed E-state index contributed by atoms with van der Waals surface area (Å²) >= 11 is 7.43. The average Bonchev–Trinajstić information content (AvgIpc) is 3.56. The summed E-state index contributed by atoms with van der Waals surface area (Å²) in [6.45, 7) is 4.31. The minimum Gasteiger partial charge on any atom is -0.507 e. The molecule has 192 valence electrons. The van der Waals surface area contributed by atoms with Crippen molar-refractivity contribution in [2.75, 3.05) is 11.5 Å². The number of rotatable bonds is 5. The molecule has 2 atom stereocenters. The van der Waals surface area contributed by atoms with Crippen LogP contribution < -0.4 is 14.4 Å². The van der Waals surface area contributed by atoms with E-state index in [0.29, 0.717) is 45.6 Å². The number of carbonyl (C=O) groups is 2. The van der Waals surface area contributed by atoms with Gasteiger partial charge in [0.15, 0.2) is 5.13 Å². The number of aliphatic hydroxyl groups is 1. The van der Waals surface area contributed by atoms with E-state index in [1.807, 2.05) is 26.0 Å². The number of anilines is 1. The van der Waals surface area contributed by atoms with Crippen molar-refractivity contribution >= 4 is 55.7 Å². The monoisotopic (exact) mass is 546 g/mol. The van der Waals surface area contributed by atoms with E-state index in [-0.39, 0.29) is 17.4 Å². The normalized spacial score (nSPS) is 20.1. The predicted octanol–water partition coefficient (Wildman–Crippen LogP) is 6.30. The number of carbonyl (C=O) groups excluding carboxylic acids is 2. The fraction of sp³-hybridized carbons (Fsp3) is 0.207. The fourth-order valence-corrected chi connectivity index (χ4v) is 6.27. The lowest BCUT2D eigenvalue weighted by Crippen LogP contribution is -2.29. The van der Waals surface area contributed by atoms with Crippen molar-refractivity contribution in [3.05, 3.63) is 87.9 Å². The molecule has 2 aliphatic rings. The molecule has 0 aliphatic carbocycles. The lowest BCUT2D eigenvalue weighted by molar-refractivity contribution is -0.132. The van der Waals surface area contributed by atoms with Crippen LogP contribution in [-0.4, -0.2) is 34.5 Å². The first-order chi connectivity index (χ1) is 18.3. The molecule has 1 amide bonds. The van der Waals surface area contributed by atoms with Crippen molar-refractivity contribution in [1.29, 1.82) is 0 Å². The van der Waals surface area contributed by atoms with Crippen LogP contribution in [0, 0.1) is 0 Å². The van der Waals surface area contributed by atoms with Gasteiger partial charge in [0.1, 0.15) is 23.4 Å². The first-order valence-electron chi connectivity index (χ1n) is 12.2. The average molecular weight is 547 g/mol. The third kappa shape index (κ3) is 4.10. The van der Waals surface area contributed by atoms with Crippen LogP contribution in [0.5, 0.6) is 11.5 Å². The Morgan fingerprint density at radius 3 is 2.84 bits per heavy atom. The Balaban J connectivity index is 1.54. The van der Waals surface area contributed by atoms with Gasteiger partial charge in [0.25, 0.3) is 5.78 Å². The Labute approximate surface area is 227 Å². The summed E-state index contributed by atoms with van der Waals surface area (Å²) < 4.78 is 12.3. The number of hydrogen-bond acceptors (Lipinski definition) is 7. The van der Waals surface area contributed by atoms with Gasteiger partial charge in [-0.25, -0.2) is 4.98 Å². The van der Waals surface area contributed by atoms with E-state index in [1.54, 1.807) is 48.5 Å². The molecule has 3 heterocycles. The molecule has 0 unspecified atom stereocenters. The van der Waals surface area contributed by atoms with Gasteiger partial charge < -0.3 is 14.6 Å². The molecule has 1 N–H and O–H groups in total. The van der Waals surface area contributed by atoms with E-state index in [1.165, 1.54) is 16.2 Å². The highest BCUT2D eigenvalue weighted by Gasteiger charge is 2.48. The van der Waals surface area contributed by atoms with Crippen molar-refractivity contribution < 1.29 is 24.2 Å². The number of nitrogens with zero attached hydrogens (tertiary/aromatic N) is 2. The number of amides is 1. The second kappa shape index (κ2) is 9.45. The van der Waals surface area contributed by atoms with Crippen LogP contribution in [0.25, 0.3) is 16.0 Å². The Morgan fingerprint density at radius 2 is 2.03 bits per heavy atom. The van der Waals surface area contributed by atoms with Crippen molar-refractivity contribution in [2.45, 2.75) is 32.4 Å². The highest BCUT2D eigenvalue weighted by Crippen LogP contribution is 2.45. The Hall–Kier alpha value is -3.88. The van der Waals surface area contributed by atoms with E-state index in [2.05, 4.69) is 4.98 Å². The molecular weight excluding hydrogens is 524 g/mol. The van der Waals surface area contributed by atoms with Gasteiger partial charge in [0.05, 0.1) is 28.4 Å². The maximum Gasteiger partial charge on any atom is 0.301 e. The molecule has 3 aromatic carbocycles. The lowest BCUT2D eigenvalue weighted by atomic mass is 9.94. The summed E-state index contributed by atoms with van der Waals surface area (Å²) in [5.41, 5.74) is 2.65. The van der Waals surface area contributed by atoms with Gasteiger partial charge in [-0.15, -0.1) is 0 Å². The second-order valence-electron chi connectivity index (χ2n) is 9.24. The summed E-state index contributed by atoms with van der Waals surface area (Å²) in [6.07, 6.45) is 0.723. The summed E-state index contributed by atoms with van der Waals surface area (Å²) in [5, 5.41) is 12.4. The fourth-order valence-electron chi connectivity index (χ4n) is 5.00. The summed E-state index contributed by atoms with van der Waals surface area (Å²) in [7, 11) is 0. The Kier molecular flexibility index (Phi) is 6.08. The third-order valence-corrected chi connectivity index (χ3v) is 7.90. The number of aliphatic hydroxyl groups excluding tert-OH is 1. The first kappa shape index (κ1) is 24.5. The van der Waals surface area contributed by atoms with Crippen LogP contribution >= 0.6 is 22.9 Å². The number of hydrogen-bond donors (Lipinski definition) is 1. The quantitative estimate of drug-likeness (QED) is 0.179. The van der Waals surface area contributed by atoms with Crippen LogP contribution in [0.1, 0.15) is 36.6 Å². The number of benzene rings is 3. The summed E-state index contributed by atoms with van der Waals surface area (Å²) in [6, 6.07) is 16.9. The van der Waals surface area contributed by atoms with E-state index in [4.69, 9.17) is 21.1 Å². The molecule has 0 saturated carbocycles. The minimum atomic E-state index is -0.908. The molecule has 1 saturated heterocycles. The Morgan fingerprint density at radius 1 is 1.18 bits per heavy atom. The zero-order valence-electron chi connectivity index (χ0n) is 20.6. The van der Waals surface area contributed by atoms with Gasteiger partial charge in [-0.2, -0.15) is 0 Å². The molecule has 1 aromatic heterocycles. The molecule has 0 bridgehead atoms. The van der Waals surface area contributed by atoms with Gasteiger partial charge in [0, 0.05) is 17.0 Å². The van der Waals surface area contributed by atoms with Crippen molar-refractivity contribution in [1.82, 2.24) is 4.98 Å². The third-order valence-electron chi connectivity index (χ3n) is 6.64. The molecular formula is C29H23ClN2O5S. The van der Waals surface area contributed by atoms with Gasteiger partial charge in [0.2, 0.25) is 0 Å². The number of ether oxygens (including phenoxy) is 2. The zero-order chi connectivity index (χ0) is 26.6. The van der Waals surface area contributed by atoms with Crippen LogP contribution in [0.4, 0.5) is 5.13 Å². The second-order valence-corrected chi connectivity index (χ2v) is 10.7. The standard InChI is InChI=1S/C29H23ClN2O5S/c1-3-36-20-6-4-5-16(13-20)25-24(26(33)17-7-10-22-18(12-17)11-15(2)37-22)27(34)28(35)32(25)29-31-21-9-8-19(30)14-23(21)38-29/h4-10,12-15,25,33H,3,11H2,1-2H3/t15-,25-/m0/s1. The predicted molar refractivity (Wildman–Crippen MR) is 147 cm³/mol. The highest BCUT2D eigenvalue weighted by atomic mass is 35.5. The highest BCUT2D eigenvalue weighted by molar-refractivity contribution is 7.22. The molecule has 4 aromatic rings. The summed E-state index contributed by atoms with van der Waals surface area (Å²) in [4.78, 5) is 33.1. The van der Waals surface area contributed by atoms with Gasteiger partial charge >= 0.3 is 5.91 Å². The molecule has 0 spiro atoms. The molecule has 6 rings (SSSR count). The van der Waals surface area contributed by atoms with Crippen LogP contribution in [0.3, 0.4) is 0 Å².